The normalized spacial score (nSPS) is 12.3. The molecule has 9 heteroatoms. The average molecular weight is 440 g/mol. The molecule has 0 aliphatic rings. The summed E-state index contributed by atoms with van der Waals surface area (Å²) in [6, 6.07) is 10.2. The lowest BCUT2D eigenvalue weighted by Gasteiger charge is -2.16. The number of H-pyrrole nitrogens is 1. The smallest absolute Gasteiger partial charge is 0.337 e. The van der Waals surface area contributed by atoms with Crippen LogP contribution < -0.4 is 16.0 Å². The van der Waals surface area contributed by atoms with Crippen molar-refractivity contribution in [1.29, 1.82) is 0 Å². The summed E-state index contributed by atoms with van der Waals surface area (Å²) in [7, 11) is 1.58. The third-order valence-electron chi connectivity index (χ3n) is 5.21. The summed E-state index contributed by atoms with van der Waals surface area (Å²) in [4.78, 5) is 38.5. The fraction of sp³-hybridized carbons (Fsp3) is 0.273. The molecule has 4 aromatic rings. The lowest BCUT2D eigenvalue weighted by atomic mass is 10.2. The molecule has 0 radical (unpaired) electrons. The zero-order valence-corrected chi connectivity index (χ0v) is 18.2. The van der Waals surface area contributed by atoms with Gasteiger partial charge >= 0.3 is 5.69 Å². The Bertz CT molecular complexity index is 1340. The number of aromatic amines is 1. The minimum atomic E-state index is -0.434. The van der Waals surface area contributed by atoms with Gasteiger partial charge < -0.3 is 9.72 Å². The molecule has 1 atom stereocenters. The van der Waals surface area contributed by atoms with Gasteiger partial charge in [-0.05, 0) is 49.7 Å². The molecule has 31 heavy (non-hydrogen) atoms. The van der Waals surface area contributed by atoms with Crippen molar-refractivity contribution >= 4 is 22.8 Å². The number of aromatic nitrogens is 5. The van der Waals surface area contributed by atoms with E-state index in [0.717, 1.165) is 6.42 Å². The van der Waals surface area contributed by atoms with E-state index < -0.39 is 11.2 Å². The summed E-state index contributed by atoms with van der Waals surface area (Å²) in [6.07, 6.45) is 3.11. The van der Waals surface area contributed by atoms with Gasteiger partial charge in [0.05, 0.1) is 12.8 Å². The molecule has 4 rings (SSSR count). The van der Waals surface area contributed by atoms with Crippen molar-refractivity contribution in [2.45, 2.75) is 32.7 Å². The van der Waals surface area contributed by atoms with E-state index in [-0.39, 0.29) is 17.2 Å². The molecule has 3 heterocycles. The van der Waals surface area contributed by atoms with Gasteiger partial charge in [0.2, 0.25) is 0 Å². The quantitative estimate of drug-likeness (QED) is 0.459. The lowest BCUT2D eigenvalue weighted by Crippen LogP contribution is -2.41. The second-order valence-electron chi connectivity index (χ2n) is 7.28. The van der Waals surface area contributed by atoms with Crippen LogP contribution in [-0.4, -0.2) is 31.2 Å². The SMILES string of the molecule is CCCC(C)n1c(=O)c2[nH]c(-c3ccc(Cl)nc3)nc2n(-c2ccc(OC)cc2)c1=O. The monoisotopic (exact) mass is 439 g/mol. The highest BCUT2D eigenvalue weighted by Crippen LogP contribution is 2.22. The highest BCUT2D eigenvalue weighted by atomic mass is 35.5. The fourth-order valence-corrected chi connectivity index (χ4v) is 3.74. The highest BCUT2D eigenvalue weighted by Gasteiger charge is 2.21. The standard InChI is InChI=1S/C22H22ClN5O3/c1-4-5-13(2)27-21(29)18-20(26-19(25-18)14-6-11-17(23)24-12-14)28(22(27)30)15-7-9-16(31-3)10-8-15/h6-13H,4-5H2,1-3H3,(H,25,26). The average Bonchev–Trinajstić information content (AvgIpc) is 3.20. The van der Waals surface area contributed by atoms with E-state index in [1.807, 2.05) is 13.8 Å². The Morgan fingerprint density at radius 1 is 1.16 bits per heavy atom. The van der Waals surface area contributed by atoms with Crippen molar-refractivity contribution in [2.24, 2.45) is 0 Å². The lowest BCUT2D eigenvalue weighted by molar-refractivity contribution is 0.414. The van der Waals surface area contributed by atoms with Gasteiger partial charge in [-0.3, -0.25) is 9.36 Å². The van der Waals surface area contributed by atoms with Gasteiger partial charge in [-0.1, -0.05) is 24.9 Å². The van der Waals surface area contributed by atoms with Crippen molar-refractivity contribution in [2.75, 3.05) is 7.11 Å². The molecule has 0 fully saturated rings. The van der Waals surface area contributed by atoms with E-state index in [0.29, 0.717) is 34.4 Å². The first-order chi connectivity index (χ1) is 14.9. The van der Waals surface area contributed by atoms with Crippen LogP contribution in [0.15, 0.2) is 52.2 Å². The maximum Gasteiger partial charge on any atom is 0.337 e. The first kappa shape index (κ1) is 20.9. The number of halogens is 1. The maximum absolute atomic E-state index is 13.5. The number of nitrogens with one attached hydrogen (secondary N) is 1. The third-order valence-corrected chi connectivity index (χ3v) is 5.43. The Balaban J connectivity index is 2.03. The number of nitrogens with zero attached hydrogens (tertiary/aromatic N) is 4. The van der Waals surface area contributed by atoms with E-state index in [1.54, 1.807) is 49.7 Å². The summed E-state index contributed by atoms with van der Waals surface area (Å²) < 4.78 is 7.97. The fourth-order valence-electron chi connectivity index (χ4n) is 3.63. The molecule has 0 aliphatic carbocycles. The van der Waals surface area contributed by atoms with E-state index in [9.17, 15) is 9.59 Å². The topological polar surface area (TPSA) is 94.8 Å². The molecule has 1 unspecified atom stereocenters. The molecule has 0 spiro atoms. The van der Waals surface area contributed by atoms with E-state index >= 15 is 0 Å². The number of pyridine rings is 1. The van der Waals surface area contributed by atoms with Crippen LogP contribution in [0.5, 0.6) is 5.75 Å². The molecular formula is C22H22ClN5O3. The number of benzene rings is 1. The summed E-state index contributed by atoms with van der Waals surface area (Å²) >= 11 is 5.89. The molecule has 8 nitrogen and oxygen atoms in total. The van der Waals surface area contributed by atoms with Crippen molar-refractivity contribution in [3.05, 3.63) is 68.6 Å². The molecule has 1 N–H and O–H groups in total. The van der Waals surface area contributed by atoms with Gasteiger partial charge in [-0.15, -0.1) is 0 Å². The van der Waals surface area contributed by atoms with Crippen LogP contribution in [0.2, 0.25) is 5.15 Å². The Labute approximate surface area is 183 Å². The predicted octanol–water partition coefficient (Wildman–Crippen LogP) is 3.96. The summed E-state index contributed by atoms with van der Waals surface area (Å²) in [5, 5.41) is 0.353. The number of imidazole rings is 1. The molecule has 160 valence electrons. The first-order valence-corrected chi connectivity index (χ1v) is 10.4. The second-order valence-corrected chi connectivity index (χ2v) is 7.67. The van der Waals surface area contributed by atoms with Crippen LogP contribution >= 0.6 is 11.6 Å². The number of methoxy groups -OCH3 is 1. The number of hydrogen-bond acceptors (Lipinski definition) is 5. The van der Waals surface area contributed by atoms with Gasteiger partial charge in [0.15, 0.2) is 11.2 Å². The summed E-state index contributed by atoms with van der Waals surface area (Å²) in [6.45, 7) is 3.89. The van der Waals surface area contributed by atoms with Crippen LogP contribution in [0.1, 0.15) is 32.7 Å². The minimum absolute atomic E-state index is 0.253. The molecule has 0 bridgehead atoms. The minimum Gasteiger partial charge on any atom is -0.497 e. The Hall–Kier alpha value is -3.39. The molecule has 3 aromatic heterocycles. The van der Waals surface area contributed by atoms with Crippen molar-refractivity contribution in [3.63, 3.8) is 0 Å². The zero-order valence-electron chi connectivity index (χ0n) is 17.4. The number of fused-ring (bicyclic) bond motifs is 1. The molecular weight excluding hydrogens is 418 g/mol. The van der Waals surface area contributed by atoms with E-state index in [4.69, 9.17) is 16.3 Å². The Morgan fingerprint density at radius 2 is 1.90 bits per heavy atom. The highest BCUT2D eigenvalue weighted by molar-refractivity contribution is 6.29. The van der Waals surface area contributed by atoms with Crippen LogP contribution in [0, 0.1) is 0 Å². The Morgan fingerprint density at radius 3 is 2.52 bits per heavy atom. The van der Waals surface area contributed by atoms with Crippen LogP contribution in [0.4, 0.5) is 0 Å². The van der Waals surface area contributed by atoms with E-state index in [2.05, 4.69) is 15.0 Å². The van der Waals surface area contributed by atoms with Gasteiger partial charge in [0.25, 0.3) is 5.56 Å². The molecule has 0 saturated heterocycles. The Kier molecular flexibility index (Phi) is 5.65. The van der Waals surface area contributed by atoms with Gasteiger partial charge in [-0.25, -0.2) is 19.3 Å². The molecule has 0 amide bonds. The number of rotatable bonds is 6. The van der Waals surface area contributed by atoms with Crippen molar-refractivity contribution in [1.82, 2.24) is 24.1 Å². The first-order valence-electron chi connectivity index (χ1n) is 9.98. The van der Waals surface area contributed by atoms with Crippen molar-refractivity contribution in [3.8, 4) is 22.8 Å². The molecule has 0 saturated carbocycles. The third kappa shape index (κ3) is 3.74. The number of ether oxygens (including phenoxy) is 1. The van der Waals surface area contributed by atoms with Crippen LogP contribution in [0.25, 0.3) is 28.2 Å². The van der Waals surface area contributed by atoms with Crippen LogP contribution in [-0.2, 0) is 0 Å². The van der Waals surface area contributed by atoms with Crippen LogP contribution in [0.3, 0.4) is 0 Å². The van der Waals surface area contributed by atoms with E-state index in [1.165, 1.54) is 9.13 Å². The summed E-state index contributed by atoms with van der Waals surface area (Å²) in [5.74, 6) is 1.09. The number of hydrogen-bond donors (Lipinski definition) is 1. The molecule has 0 aliphatic heterocycles. The van der Waals surface area contributed by atoms with Crippen molar-refractivity contribution < 1.29 is 4.74 Å². The maximum atomic E-state index is 13.5. The van der Waals surface area contributed by atoms with Gasteiger partial charge in [0, 0.05) is 17.8 Å². The largest absolute Gasteiger partial charge is 0.497 e. The van der Waals surface area contributed by atoms with Gasteiger partial charge in [0.1, 0.15) is 16.7 Å². The second kappa shape index (κ2) is 8.39. The summed E-state index contributed by atoms with van der Waals surface area (Å²) in [5.41, 5.74) is 0.915. The zero-order chi connectivity index (χ0) is 22.1. The van der Waals surface area contributed by atoms with Gasteiger partial charge in [-0.2, -0.15) is 0 Å². The molecule has 1 aromatic carbocycles. The predicted molar refractivity (Wildman–Crippen MR) is 120 cm³/mol.